The fourth-order valence-corrected chi connectivity index (χ4v) is 3.01. The molecule has 1 rings (SSSR count). The lowest BCUT2D eigenvalue weighted by Gasteiger charge is -2.20. The molecule has 0 saturated heterocycles. The van der Waals surface area contributed by atoms with Crippen LogP contribution in [-0.2, 0) is 10.0 Å². The fourth-order valence-electron chi connectivity index (χ4n) is 1.59. The van der Waals surface area contributed by atoms with E-state index in [1.807, 2.05) is 0 Å². The van der Waals surface area contributed by atoms with Gasteiger partial charge in [0.1, 0.15) is 0 Å². The lowest BCUT2D eigenvalue weighted by Crippen LogP contribution is -2.40. The fraction of sp³-hybridized carbons (Fsp3) is 0.500. The highest BCUT2D eigenvalue weighted by molar-refractivity contribution is 7.89. The van der Waals surface area contributed by atoms with E-state index in [0.29, 0.717) is 5.56 Å². The van der Waals surface area contributed by atoms with Gasteiger partial charge in [-0.05, 0) is 52.0 Å². The second-order valence-electron chi connectivity index (χ2n) is 5.94. The molecule has 0 aliphatic carbocycles. The topological polar surface area (TPSA) is 95.5 Å². The molecule has 0 heterocycles. The number of carbonyl (C=O) groups is 1. The molecule has 0 saturated carbocycles. The van der Waals surface area contributed by atoms with E-state index >= 15 is 0 Å². The Balaban J connectivity index is 2.85. The van der Waals surface area contributed by atoms with Crippen molar-refractivity contribution in [3.63, 3.8) is 0 Å². The largest absolute Gasteiger partial charge is 0.392 e. The Labute approximate surface area is 125 Å². The van der Waals surface area contributed by atoms with Gasteiger partial charge < -0.3 is 10.4 Å². The first kappa shape index (κ1) is 17.6. The van der Waals surface area contributed by atoms with Crippen molar-refractivity contribution in [2.75, 3.05) is 6.54 Å². The predicted molar refractivity (Wildman–Crippen MR) is 80.5 cm³/mol. The highest BCUT2D eigenvalue weighted by Crippen LogP contribution is 2.13. The maximum atomic E-state index is 12.1. The summed E-state index contributed by atoms with van der Waals surface area (Å²) in [7, 11) is -3.61. The predicted octanol–water partition coefficient (Wildman–Crippen LogP) is 0.874. The summed E-state index contributed by atoms with van der Waals surface area (Å²) >= 11 is 0. The Hall–Kier alpha value is -1.44. The third-order valence-corrected chi connectivity index (χ3v) is 4.20. The smallest absolute Gasteiger partial charge is 0.251 e. The van der Waals surface area contributed by atoms with Gasteiger partial charge in [0.05, 0.1) is 11.0 Å². The van der Waals surface area contributed by atoms with Gasteiger partial charge in [-0.15, -0.1) is 0 Å². The number of aliphatic hydroxyl groups excluding tert-OH is 1. The zero-order valence-corrected chi connectivity index (χ0v) is 13.5. The average molecular weight is 314 g/mol. The van der Waals surface area contributed by atoms with E-state index in [-0.39, 0.29) is 17.3 Å². The maximum Gasteiger partial charge on any atom is 0.251 e. The quantitative estimate of drug-likeness (QED) is 0.751. The molecular formula is C14H22N2O4S. The van der Waals surface area contributed by atoms with Gasteiger partial charge in [0.2, 0.25) is 10.0 Å². The molecular weight excluding hydrogens is 292 g/mol. The standard InChI is InChI=1S/C14H22N2O4S/c1-10(17)9-15-13(18)11-5-7-12(8-6-11)21(19,20)16-14(2,3)4/h5-8,10,16-17H,9H2,1-4H3,(H,15,18). The van der Waals surface area contributed by atoms with Crippen molar-refractivity contribution in [3.05, 3.63) is 29.8 Å². The van der Waals surface area contributed by atoms with Gasteiger partial charge in [-0.25, -0.2) is 13.1 Å². The third kappa shape index (κ3) is 5.82. The third-order valence-electron chi connectivity index (χ3n) is 2.43. The number of benzene rings is 1. The van der Waals surface area contributed by atoms with Crippen molar-refractivity contribution >= 4 is 15.9 Å². The van der Waals surface area contributed by atoms with Crippen molar-refractivity contribution in [3.8, 4) is 0 Å². The van der Waals surface area contributed by atoms with Crippen molar-refractivity contribution in [2.45, 2.75) is 44.2 Å². The van der Waals surface area contributed by atoms with Crippen LogP contribution in [0.2, 0.25) is 0 Å². The zero-order valence-electron chi connectivity index (χ0n) is 12.7. The summed E-state index contributed by atoms with van der Waals surface area (Å²) in [6.45, 7) is 6.96. The minimum atomic E-state index is -3.61. The summed E-state index contributed by atoms with van der Waals surface area (Å²) in [6, 6.07) is 5.64. The molecule has 118 valence electrons. The normalized spacial score (nSPS) is 13.8. The van der Waals surface area contributed by atoms with Crippen LogP contribution in [0.25, 0.3) is 0 Å². The Morgan fingerprint density at radius 1 is 1.24 bits per heavy atom. The van der Waals surface area contributed by atoms with Crippen LogP contribution < -0.4 is 10.0 Å². The minimum absolute atomic E-state index is 0.101. The number of hydrogen-bond donors (Lipinski definition) is 3. The van der Waals surface area contributed by atoms with Gasteiger partial charge in [0, 0.05) is 17.6 Å². The lowest BCUT2D eigenvalue weighted by atomic mass is 10.1. The summed E-state index contributed by atoms with van der Waals surface area (Å²) in [5.41, 5.74) is -0.239. The summed E-state index contributed by atoms with van der Waals surface area (Å²) < 4.78 is 26.7. The minimum Gasteiger partial charge on any atom is -0.392 e. The Morgan fingerprint density at radius 3 is 2.19 bits per heavy atom. The second-order valence-corrected chi connectivity index (χ2v) is 7.62. The molecule has 0 aliphatic rings. The molecule has 1 aromatic carbocycles. The molecule has 3 N–H and O–H groups in total. The molecule has 0 radical (unpaired) electrons. The number of carbonyl (C=O) groups excluding carboxylic acids is 1. The van der Waals surface area contributed by atoms with E-state index in [4.69, 9.17) is 5.11 Å². The highest BCUT2D eigenvalue weighted by atomic mass is 32.2. The molecule has 1 amide bonds. The van der Waals surface area contributed by atoms with E-state index < -0.39 is 21.7 Å². The molecule has 1 atom stereocenters. The number of aliphatic hydroxyl groups is 1. The summed E-state index contributed by atoms with van der Waals surface area (Å²) in [5, 5.41) is 11.6. The van der Waals surface area contributed by atoms with Gasteiger partial charge in [-0.1, -0.05) is 0 Å². The van der Waals surface area contributed by atoms with Crippen LogP contribution in [0.1, 0.15) is 38.1 Å². The molecule has 0 aliphatic heterocycles. The molecule has 6 nitrogen and oxygen atoms in total. The van der Waals surface area contributed by atoms with Crippen LogP contribution in [0.4, 0.5) is 0 Å². The average Bonchev–Trinajstić information content (AvgIpc) is 2.33. The maximum absolute atomic E-state index is 12.1. The zero-order chi connectivity index (χ0) is 16.3. The van der Waals surface area contributed by atoms with Crippen molar-refractivity contribution in [2.24, 2.45) is 0 Å². The van der Waals surface area contributed by atoms with Crippen LogP contribution in [-0.4, -0.2) is 37.6 Å². The number of hydrogen-bond acceptors (Lipinski definition) is 4. The Morgan fingerprint density at radius 2 is 1.76 bits per heavy atom. The molecule has 21 heavy (non-hydrogen) atoms. The van der Waals surface area contributed by atoms with Crippen LogP contribution in [0.5, 0.6) is 0 Å². The lowest BCUT2D eigenvalue weighted by molar-refractivity contribution is 0.0924. The van der Waals surface area contributed by atoms with Crippen LogP contribution in [0.15, 0.2) is 29.2 Å². The summed E-state index contributed by atoms with van der Waals surface area (Å²) in [5.74, 6) is -0.358. The van der Waals surface area contributed by atoms with Gasteiger partial charge >= 0.3 is 0 Å². The van der Waals surface area contributed by atoms with Crippen molar-refractivity contribution < 1.29 is 18.3 Å². The van der Waals surface area contributed by atoms with Gasteiger partial charge in [0.15, 0.2) is 0 Å². The number of nitrogens with one attached hydrogen (secondary N) is 2. The van der Waals surface area contributed by atoms with E-state index in [2.05, 4.69) is 10.0 Å². The molecule has 0 fully saturated rings. The van der Waals surface area contributed by atoms with Gasteiger partial charge in [-0.3, -0.25) is 4.79 Å². The first-order valence-corrected chi connectivity index (χ1v) is 8.10. The highest BCUT2D eigenvalue weighted by Gasteiger charge is 2.22. The molecule has 0 aromatic heterocycles. The number of sulfonamides is 1. The van der Waals surface area contributed by atoms with Gasteiger partial charge in [0.25, 0.3) is 5.91 Å². The molecule has 0 spiro atoms. The van der Waals surface area contributed by atoms with Crippen LogP contribution in [0, 0.1) is 0 Å². The molecule has 1 aromatic rings. The second kappa shape index (κ2) is 6.55. The Bertz CT molecular complexity index is 586. The van der Waals surface area contributed by atoms with E-state index in [0.717, 1.165) is 0 Å². The summed E-state index contributed by atoms with van der Waals surface area (Å²) in [6.07, 6.45) is -0.635. The molecule has 1 unspecified atom stereocenters. The monoisotopic (exact) mass is 314 g/mol. The van der Waals surface area contributed by atoms with Gasteiger partial charge in [-0.2, -0.15) is 0 Å². The van der Waals surface area contributed by atoms with Crippen molar-refractivity contribution in [1.29, 1.82) is 0 Å². The van der Waals surface area contributed by atoms with E-state index in [1.54, 1.807) is 27.7 Å². The number of rotatable bonds is 5. The molecule has 0 bridgehead atoms. The first-order valence-electron chi connectivity index (χ1n) is 6.61. The first-order chi connectivity index (χ1) is 9.51. The Kier molecular flexibility index (Phi) is 5.49. The number of amides is 1. The van der Waals surface area contributed by atoms with Crippen LogP contribution >= 0.6 is 0 Å². The van der Waals surface area contributed by atoms with Crippen LogP contribution in [0.3, 0.4) is 0 Å². The summed E-state index contributed by atoms with van der Waals surface area (Å²) in [4.78, 5) is 11.9. The van der Waals surface area contributed by atoms with E-state index in [9.17, 15) is 13.2 Å². The molecule has 7 heteroatoms. The SMILES string of the molecule is CC(O)CNC(=O)c1ccc(S(=O)(=O)NC(C)(C)C)cc1. The van der Waals surface area contributed by atoms with Crippen molar-refractivity contribution in [1.82, 2.24) is 10.0 Å². The van der Waals surface area contributed by atoms with E-state index in [1.165, 1.54) is 24.3 Å².